The first-order valence-corrected chi connectivity index (χ1v) is 9.46. The molecule has 0 radical (unpaired) electrons. The molecule has 0 bridgehead atoms. The minimum atomic E-state index is -0.561. The van der Waals surface area contributed by atoms with Gasteiger partial charge in [0.1, 0.15) is 22.9 Å². The Kier molecular flexibility index (Phi) is 3.87. The number of rotatable bonds is 3. The third-order valence-corrected chi connectivity index (χ3v) is 5.39. The zero-order valence-electron chi connectivity index (χ0n) is 15.8. The number of amides is 2. The number of hydrogen-bond acceptors (Lipinski definition) is 5. The number of imidazole rings is 1. The Morgan fingerprint density at radius 2 is 2.03 bits per heavy atom. The quantitative estimate of drug-likeness (QED) is 0.579. The van der Waals surface area contributed by atoms with E-state index in [2.05, 4.69) is 9.97 Å². The van der Waals surface area contributed by atoms with Crippen LogP contribution in [0, 0.1) is 6.92 Å². The molecule has 1 saturated heterocycles. The third-order valence-electron chi connectivity index (χ3n) is 5.39. The molecule has 0 unspecified atom stereocenters. The molecule has 2 N–H and O–H groups in total. The maximum atomic E-state index is 13.1. The van der Waals surface area contributed by atoms with Gasteiger partial charge in [-0.2, -0.15) is 0 Å². The molecule has 8 heteroatoms. The summed E-state index contributed by atoms with van der Waals surface area (Å²) in [6.45, 7) is 2.33. The number of nitrogens with two attached hydrogens (primary N) is 1. The lowest BCUT2D eigenvalue weighted by Crippen LogP contribution is -2.44. The van der Waals surface area contributed by atoms with Gasteiger partial charge in [0, 0.05) is 19.7 Å². The molecular weight excluding hydrogens is 370 g/mol. The van der Waals surface area contributed by atoms with E-state index in [1.807, 2.05) is 43.5 Å². The molecule has 1 fully saturated rings. The molecule has 3 aromatic heterocycles. The van der Waals surface area contributed by atoms with E-state index in [0.29, 0.717) is 30.2 Å². The minimum Gasteiger partial charge on any atom is -0.441 e. The van der Waals surface area contributed by atoms with E-state index in [9.17, 15) is 9.59 Å². The van der Waals surface area contributed by atoms with Crippen molar-refractivity contribution in [2.45, 2.75) is 25.8 Å². The lowest BCUT2D eigenvalue weighted by molar-refractivity contribution is -0.121. The van der Waals surface area contributed by atoms with E-state index in [1.54, 1.807) is 15.5 Å². The van der Waals surface area contributed by atoms with E-state index < -0.39 is 11.9 Å². The Balaban J connectivity index is 1.56. The van der Waals surface area contributed by atoms with Crippen LogP contribution in [0.1, 0.15) is 29.2 Å². The highest BCUT2D eigenvalue weighted by Gasteiger charge is 2.34. The summed E-state index contributed by atoms with van der Waals surface area (Å²) in [7, 11) is 0. The SMILES string of the molecule is Cc1nc2cc(-c3ccc4ncc(C(=O)N5CCC[C@@H]5C(N)=O)n4c3)ccc2o1. The fourth-order valence-corrected chi connectivity index (χ4v) is 3.98. The Labute approximate surface area is 165 Å². The molecule has 4 aromatic rings. The molecule has 0 aliphatic carbocycles. The Morgan fingerprint density at radius 1 is 1.21 bits per heavy atom. The molecular formula is C21H19N5O3. The fraction of sp³-hybridized carbons (Fsp3) is 0.238. The molecule has 29 heavy (non-hydrogen) atoms. The van der Waals surface area contributed by atoms with E-state index in [4.69, 9.17) is 10.2 Å². The number of oxazole rings is 1. The second-order valence-corrected chi connectivity index (χ2v) is 7.26. The first-order chi connectivity index (χ1) is 14.0. The number of pyridine rings is 1. The average molecular weight is 389 g/mol. The highest BCUT2D eigenvalue weighted by Crippen LogP contribution is 2.26. The smallest absolute Gasteiger partial charge is 0.273 e. The van der Waals surface area contributed by atoms with Gasteiger partial charge in [-0.05, 0) is 48.2 Å². The van der Waals surface area contributed by atoms with Crippen LogP contribution in [-0.2, 0) is 4.79 Å². The fourth-order valence-electron chi connectivity index (χ4n) is 3.98. The van der Waals surface area contributed by atoms with Crippen LogP contribution in [-0.4, -0.2) is 43.7 Å². The number of nitrogens with zero attached hydrogens (tertiary/aromatic N) is 4. The summed E-state index contributed by atoms with van der Waals surface area (Å²) in [5.74, 6) is -0.0928. The first-order valence-electron chi connectivity index (χ1n) is 9.46. The van der Waals surface area contributed by atoms with Crippen LogP contribution < -0.4 is 5.73 Å². The van der Waals surface area contributed by atoms with Crippen molar-refractivity contribution in [1.29, 1.82) is 0 Å². The number of primary amides is 1. The zero-order valence-corrected chi connectivity index (χ0v) is 15.8. The molecule has 1 aromatic carbocycles. The van der Waals surface area contributed by atoms with Crippen molar-refractivity contribution < 1.29 is 14.0 Å². The molecule has 1 aliphatic rings. The summed E-state index contributed by atoms with van der Waals surface area (Å²) in [5.41, 5.74) is 9.92. The molecule has 0 saturated carbocycles. The van der Waals surface area contributed by atoms with Gasteiger partial charge >= 0.3 is 0 Å². The van der Waals surface area contributed by atoms with Crippen LogP contribution in [0.4, 0.5) is 0 Å². The summed E-state index contributed by atoms with van der Waals surface area (Å²) < 4.78 is 7.30. The molecule has 8 nitrogen and oxygen atoms in total. The number of benzene rings is 1. The standard InChI is InChI=1S/C21H19N5O3/c1-12-24-15-9-13(4-6-18(15)29-12)14-5-7-19-23-10-17(26(19)11-14)21(28)25-8-2-3-16(25)20(22)27/h4-7,9-11,16H,2-3,8H2,1H3,(H2,22,27)/t16-/m1/s1. The van der Waals surface area contributed by atoms with Gasteiger partial charge in [0.25, 0.3) is 5.91 Å². The monoisotopic (exact) mass is 389 g/mol. The zero-order chi connectivity index (χ0) is 20.1. The number of hydrogen-bond donors (Lipinski definition) is 1. The normalized spacial score (nSPS) is 16.7. The van der Waals surface area contributed by atoms with Gasteiger partial charge in [-0.25, -0.2) is 9.97 Å². The molecule has 1 atom stereocenters. The topological polar surface area (TPSA) is 107 Å². The average Bonchev–Trinajstić information content (AvgIpc) is 3.43. The molecule has 1 aliphatic heterocycles. The van der Waals surface area contributed by atoms with Crippen LogP contribution in [0.5, 0.6) is 0 Å². The van der Waals surface area contributed by atoms with E-state index in [1.165, 1.54) is 0 Å². The van der Waals surface area contributed by atoms with Crippen LogP contribution in [0.15, 0.2) is 47.1 Å². The van der Waals surface area contributed by atoms with Gasteiger partial charge in [0.2, 0.25) is 5.91 Å². The van der Waals surface area contributed by atoms with Crippen LogP contribution >= 0.6 is 0 Å². The highest BCUT2D eigenvalue weighted by molar-refractivity contribution is 5.97. The Hall–Kier alpha value is -3.68. The molecule has 2 amide bonds. The lowest BCUT2D eigenvalue weighted by Gasteiger charge is -2.21. The van der Waals surface area contributed by atoms with Crippen molar-refractivity contribution in [2.24, 2.45) is 5.73 Å². The predicted octanol–water partition coefficient (Wildman–Crippen LogP) is 2.54. The van der Waals surface area contributed by atoms with Crippen molar-refractivity contribution in [1.82, 2.24) is 19.3 Å². The van der Waals surface area contributed by atoms with E-state index >= 15 is 0 Å². The summed E-state index contributed by atoms with van der Waals surface area (Å²) in [4.78, 5) is 35.1. The molecule has 146 valence electrons. The summed E-state index contributed by atoms with van der Waals surface area (Å²) in [6, 6.07) is 9.04. The number of fused-ring (bicyclic) bond motifs is 2. The molecule has 5 rings (SSSR count). The van der Waals surface area contributed by atoms with Crippen LogP contribution in [0.3, 0.4) is 0 Å². The molecule has 0 spiro atoms. The van der Waals surface area contributed by atoms with Crippen LogP contribution in [0.25, 0.3) is 27.9 Å². The number of aryl methyl sites for hydroxylation is 1. The number of likely N-dealkylation sites (tertiary alicyclic amines) is 1. The predicted molar refractivity (Wildman–Crippen MR) is 106 cm³/mol. The number of carbonyl (C=O) groups is 2. The lowest BCUT2D eigenvalue weighted by atomic mass is 10.1. The van der Waals surface area contributed by atoms with Crippen LogP contribution in [0.2, 0.25) is 0 Å². The second-order valence-electron chi connectivity index (χ2n) is 7.26. The van der Waals surface area contributed by atoms with Gasteiger partial charge in [0.15, 0.2) is 11.5 Å². The van der Waals surface area contributed by atoms with E-state index in [0.717, 1.165) is 28.6 Å². The van der Waals surface area contributed by atoms with Gasteiger partial charge < -0.3 is 15.1 Å². The van der Waals surface area contributed by atoms with Gasteiger partial charge in [-0.3, -0.25) is 14.0 Å². The number of aromatic nitrogens is 3. The van der Waals surface area contributed by atoms with Crippen molar-refractivity contribution in [2.75, 3.05) is 6.54 Å². The van der Waals surface area contributed by atoms with Crippen molar-refractivity contribution in [3.05, 3.63) is 54.3 Å². The first kappa shape index (κ1) is 17.4. The van der Waals surface area contributed by atoms with Crippen molar-refractivity contribution in [3.63, 3.8) is 0 Å². The second kappa shape index (κ2) is 6.44. The largest absolute Gasteiger partial charge is 0.441 e. The molecule has 4 heterocycles. The maximum Gasteiger partial charge on any atom is 0.273 e. The summed E-state index contributed by atoms with van der Waals surface area (Å²) in [5, 5.41) is 0. The van der Waals surface area contributed by atoms with E-state index in [-0.39, 0.29) is 5.91 Å². The minimum absolute atomic E-state index is 0.237. The van der Waals surface area contributed by atoms with Crippen molar-refractivity contribution in [3.8, 4) is 11.1 Å². The van der Waals surface area contributed by atoms with Gasteiger partial charge in [-0.1, -0.05) is 6.07 Å². The third kappa shape index (κ3) is 2.84. The Morgan fingerprint density at radius 3 is 2.86 bits per heavy atom. The van der Waals surface area contributed by atoms with Crippen molar-refractivity contribution >= 4 is 28.6 Å². The summed E-state index contributed by atoms with van der Waals surface area (Å²) >= 11 is 0. The number of carbonyl (C=O) groups excluding carboxylic acids is 2. The highest BCUT2D eigenvalue weighted by atomic mass is 16.3. The van der Waals surface area contributed by atoms with Gasteiger partial charge in [-0.15, -0.1) is 0 Å². The van der Waals surface area contributed by atoms with Gasteiger partial charge in [0.05, 0.1) is 6.20 Å². The summed E-state index contributed by atoms with van der Waals surface area (Å²) in [6.07, 6.45) is 4.78. The maximum absolute atomic E-state index is 13.1. The Bertz CT molecular complexity index is 1270.